The Bertz CT molecular complexity index is 1240. The Hall–Kier alpha value is -3.72. The fraction of sp³-hybridized carbons (Fsp3) is 0.226. The van der Waals surface area contributed by atoms with E-state index in [2.05, 4.69) is 86.7 Å². The van der Waals surface area contributed by atoms with Gasteiger partial charge in [0.25, 0.3) is 0 Å². The van der Waals surface area contributed by atoms with Gasteiger partial charge in [0, 0.05) is 16.7 Å². The molecule has 1 aliphatic rings. The van der Waals surface area contributed by atoms with Crippen molar-refractivity contribution in [2.24, 2.45) is 0 Å². The van der Waals surface area contributed by atoms with Crippen molar-refractivity contribution in [3.8, 4) is 17.2 Å². The lowest BCUT2D eigenvalue weighted by molar-refractivity contribution is 0.161. The van der Waals surface area contributed by atoms with E-state index in [9.17, 15) is 0 Å². The van der Waals surface area contributed by atoms with Crippen LogP contribution in [0.3, 0.4) is 0 Å². The summed E-state index contributed by atoms with van der Waals surface area (Å²) in [7, 11) is 0. The fourth-order valence-electron chi connectivity index (χ4n) is 4.46. The molecule has 0 bridgehead atoms. The van der Waals surface area contributed by atoms with E-state index in [1.165, 1.54) is 10.8 Å². The molecule has 0 N–H and O–H groups in total. The molecule has 3 heteroatoms. The van der Waals surface area contributed by atoms with Gasteiger partial charge in [0.15, 0.2) is 5.60 Å². The SMILES string of the molecule is CCCOc1ccc(C2(c3ccc(OCCC)cc3)C=Cc3c(ccc4ccccc34)O2)cc1. The summed E-state index contributed by atoms with van der Waals surface area (Å²) in [5.74, 6) is 2.62. The fourth-order valence-corrected chi connectivity index (χ4v) is 4.46. The number of rotatable bonds is 8. The minimum absolute atomic E-state index is 0.709. The quantitative estimate of drug-likeness (QED) is 0.274. The molecular formula is C31H30O3. The van der Waals surface area contributed by atoms with Gasteiger partial charge < -0.3 is 14.2 Å². The van der Waals surface area contributed by atoms with E-state index in [4.69, 9.17) is 14.2 Å². The van der Waals surface area contributed by atoms with Gasteiger partial charge in [0.1, 0.15) is 17.2 Å². The van der Waals surface area contributed by atoms with Gasteiger partial charge in [-0.25, -0.2) is 0 Å². The van der Waals surface area contributed by atoms with Crippen LogP contribution in [-0.2, 0) is 5.60 Å². The van der Waals surface area contributed by atoms with E-state index in [0.717, 1.165) is 46.8 Å². The molecule has 34 heavy (non-hydrogen) atoms. The van der Waals surface area contributed by atoms with Crippen molar-refractivity contribution >= 4 is 16.8 Å². The second kappa shape index (κ2) is 9.64. The first-order chi connectivity index (χ1) is 16.7. The van der Waals surface area contributed by atoms with Crippen molar-refractivity contribution in [2.75, 3.05) is 13.2 Å². The van der Waals surface area contributed by atoms with Crippen LogP contribution in [0.15, 0.2) is 91.0 Å². The van der Waals surface area contributed by atoms with E-state index >= 15 is 0 Å². The molecule has 4 aromatic rings. The Kier molecular flexibility index (Phi) is 6.27. The molecule has 0 fully saturated rings. The van der Waals surface area contributed by atoms with Crippen LogP contribution in [0, 0.1) is 0 Å². The van der Waals surface area contributed by atoms with Crippen LogP contribution in [0.5, 0.6) is 17.2 Å². The molecule has 0 spiro atoms. The second-order valence-corrected chi connectivity index (χ2v) is 8.62. The summed E-state index contributed by atoms with van der Waals surface area (Å²) in [4.78, 5) is 0. The van der Waals surface area contributed by atoms with Crippen LogP contribution in [-0.4, -0.2) is 13.2 Å². The number of ether oxygens (including phenoxy) is 3. The Labute approximate surface area is 201 Å². The van der Waals surface area contributed by atoms with Crippen LogP contribution in [0.1, 0.15) is 43.4 Å². The topological polar surface area (TPSA) is 27.7 Å². The maximum atomic E-state index is 6.87. The lowest BCUT2D eigenvalue weighted by atomic mass is 9.83. The molecule has 3 nitrogen and oxygen atoms in total. The highest BCUT2D eigenvalue weighted by molar-refractivity contribution is 5.94. The van der Waals surface area contributed by atoms with Crippen molar-refractivity contribution in [3.63, 3.8) is 0 Å². The number of benzene rings is 4. The Morgan fingerprint density at radius 1 is 0.676 bits per heavy atom. The van der Waals surface area contributed by atoms with Crippen LogP contribution >= 0.6 is 0 Å². The summed E-state index contributed by atoms with van der Waals surface area (Å²) in [6, 6.07) is 29.1. The van der Waals surface area contributed by atoms with Crippen molar-refractivity contribution < 1.29 is 14.2 Å². The minimum Gasteiger partial charge on any atom is -0.494 e. The highest BCUT2D eigenvalue weighted by Gasteiger charge is 2.37. The summed E-state index contributed by atoms with van der Waals surface area (Å²) in [6.07, 6.45) is 6.33. The molecule has 0 unspecified atom stereocenters. The van der Waals surface area contributed by atoms with Crippen molar-refractivity contribution in [3.05, 3.63) is 108 Å². The van der Waals surface area contributed by atoms with Gasteiger partial charge in [-0.1, -0.05) is 68.4 Å². The lowest BCUT2D eigenvalue weighted by Crippen LogP contribution is -2.34. The standard InChI is InChI=1S/C31H30O3/c1-3-21-32-26-14-10-24(11-15-26)31(25-12-16-27(17-13-25)33-22-4-2)20-19-29-28-8-6-5-7-23(28)9-18-30(29)34-31/h5-20H,3-4,21-22H2,1-2H3. The number of hydrogen-bond acceptors (Lipinski definition) is 3. The molecule has 0 aliphatic carbocycles. The van der Waals surface area contributed by atoms with E-state index in [1.807, 2.05) is 24.3 Å². The zero-order valence-electron chi connectivity index (χ0n) is 19.8. The molecule has 1 heterocycles. The van der Waals surface area contributed by atoms with E-state index in [0.29, 0.717) is 13.2 Å². The third kappa shape index (κ3) is 4.14. The molecule has 0 aromatic heterocycles. The van der Waals surface area contributed by atoms with E-state index < -0.39 is 5.60 Å². The molecule has 0 atom stereocenters. The van der Waals surface area contributed by atoms with Gasteiger partial charge >= 0.3 is 0 Å². The van der Waals surface area contributed by atoms with Gasteiger partial charge in [0.2, 0.25) is 0 Å². The maximum absolute atomic E-state index is 6.87. The zero-order valence-corrected chi connectivity index (χ0v) is 19.8. The molecule has 0 amide bonds. The third-order valence-electron chi connectivity index (χ3n) is 6.20. The Balaban J connectivity index is 1.59. The molecule has 0 saturated heterocycles. The van der Waals surface area contributed by atoms with Gasteiger partial charge in [-0.15, -0.1) is 0 Å². The van der Waals surface area contributed by atoms with Gasteiger partial charge in [-0.3, -0.25) is 0 Å². The van der Waals surface area contributed by atoms with Crippen molar-refractivity contribution in [2.45, 2.75) is 32.3 Å². The van der Waals surface area contributed by atoms with Gasteiger partial charge in [-0.05, 0) is 66.1 Å². The lowest BCUT2D eigenvalue weighted by Gasteiger charge is -2.36. The average molecular weight is 451 g/mol. The molecule has 4 aromatic carbocycles. The predicted octanol–water partition coefficient (Wildman–Crippen LogP) is 7.77. The molecule has 172 valence electrons. The zero-order chi connectivity index (χ0) is 23.4. The first kappa shape index (κ1) is 22.1. The van der Waals surface area contributed by atoms with Crippen LogP contribution in [0.25, 0.3) is 16.8 Å². The average Bonchev–Trinajstić information content (AvgIpc) is 2.91. The number of fused-ring (bicyclic) bond motifs is 3. The summed E-state index contributed by atoms with van der Waals surface area (Å²) in [6.45, 7) is 5.64. The van der Waals surface area contributed by atoms with Crippen molar-refractivity contribution in [1.82, 2.24) is 0 Å². The highest BCUT2D eigenvalue weighted by atomic mass is 16.5. The minimum atomic E-state index is -0.748. The van der Waals surface area contributed by atoms with Gasteiger partial charge in [0.05, 0.1) is 13.2 Å². The molecule has 5 rings (SSSR count). The monoisotopic (exact) mass is 450 g/mol. The van der Waals surface area contributed by atoms with E-state index in [-0.39, 0.29) is 0 Å². The van der Waals surface area contributed by atoms with Crippen LogP contribution in [0.4, 0.5) is 0 Å². The highest BCUT2D eigenvalue weighted by Crippen LogP contribution is 2.44. The third-order valence-corrected chi connectivity index (χ3v) is 6.20. The van der Waals surface area contributed by atoms with E-state index in [1.54, 1.807) is 0 Å². The summed E-state index contributed by atoms with van der Waals surface area (Å²) < 4.78 is 18.5. The second-order valence-electron chi connectivity index (χ2n) is 8.62. The van der Waals surface area contributed by atoms with Crippen LogP contribution < -0.4 is 14.2 Å². The summed E-state index contributed by atoms with van der Waals surface area (Å²) in [5, 5.41) is 2.40. The maximum Gasteiger partial charge on any atom is 0.178 e. The Morgan fingerprint density at radius 3 is 1.85 bits per heavy atom. The molecule has 0 radical (unpaired) electrons. The number of hydrogen-bond donors (Lipinski definition) is 0. The van der Waals surface area contributed by atoms with Crippen LogP contribution in [0.2, 0.25) is 0 Å². The molecular weight excluding hydrogens is 420 g/mol. The normalized spacial score (nSPS) is 13.8. The first-order valence-electron chi connectivity index (χ1n) is 12.1. The Morgan fingerprint density at radius 2 is 1.26 bits per heavy atom. The first-order valence-corrected chi connectivity index (χ1v) is 12.1. The van der Waals surface area contributed by atoms with Gasteiger partial charge in [-0.2, -0.15) is 0 Å². The molecule has 0 saturated carbocycles. The summed E-state index contributed by atoms with van der Waals surface area (Å²) >= 11 is 0. The smallest absolute Gasteiger partial charge is 0.178 e. The predicted molar refractivity (Wildman–Crippen MR) is 139 cm³/mol. The molecule has 1 aliphatic heterocycles. The van der Waals surface area contributed by atoms with Crippen molar-refractivity contribution in [1.29, 1.82) is 0 Å². The summed E-state index contributed by atoms with van der Waals surface area (Å²) in [5.41, 5.74) is 2.46. The largest absolute Gasteiger partial charge is 0.494 e.